The Hall–Kier alpha value is -1.75. The molecule has 0 aliphatic heterocycles. The summed E-state index contributed by atoms with van der Waals surface area (Å²) in [6.45, 7) is 4.39. The fourth-order valence-corrected chi connectivity index (χ4v) is 2.32. The highest BCUT2D eigenvalue weighted by atomic mass is 79.9. The maximum absolute atomic E-state index is 5.83. The zero-order valence-corrected chi connectivity index (χ0v) is 14.2. The monoisotopic (exact) mass is 351 g/mol. The van der Waals surface area contributed by atoms with Gasteiger partial charge in [0.25, 0.3) is 0 Å². The van der Waals surface area contributed by atoms with E-state index in [4.69, 9.17) is 14.2 Å². The predicted molar refractivity (Wildman–Crippen MR) is 85.3 cm³/mol. The summed E-state index contributed by atoms with van der Waals surface area (Å²) in [5.41, 5.74) is 2.97. The molecule has 2 rings (SSSR count). The first-order chi connectivity index (χ1) is 10.1. The van der Waals surface area contributed by atoms with Crippen LogP contribution in [0.4, 0.5) is 0 Å². The SMILES string of the molecule is COc1ccnc(COc2cc(C)c(Br)c(C)c2)c1OC. The fraction of sp³-hybridized carbons (Fsp3) is 0.312. The van der Waals surface area contributed by atoms with Gasteiger partial charge < -0.3 is 14.2 Å². The van der Waals surface area contributed by atoms with Crippen molar-refractivity contribution in [3.05, 3.63) is 45.7 Å². The van der Waals surface area contributed by atoms with Crippen molar-refractivity contribution in [3.8, 4) is 17.2 Å². The molecule has 0 unspecified atom stereocenters. The third-order valence-corrected chi connectivity index (χ3v) is 4.40. The molecular formula is C16H18BrNO3. The second kappa shape index (κ2) is 6.80. The average Bonchev–Trinajstić information content (AvgIpc) is 2.49. The number of pyridine rings is 1. The molecule has 0 N–H and O–H groups in total. The number of aryl methyl sites for hydroxylation is 2. The Labute approximate surface area is 133 Å². The van der Waals surface area contributed by atoms with Crippen molar-refractivity contribution in [2.75, 3.05) is 14.2 Å². The van der Waals surface area contributed by atoms with Gasteiger partial charge in [-0.1, -0.05) is 15.9 Å². The van der Waals surface area contributed by atoms with Gasteiger partial charge in [-0.05, 0) is 37.1 Å². The molecule has 0 aliphatic carbocycles. The van der Waals surface area contributed by atoms with Crippen LogP contribution in [-0.4, -0.2) is 19.2 Å². The highest BCUT2D eigenvalue weighted by Crippen LogP contribution is 2.31. The van der Waals surface area contributed by atoms with Crippen LogP contribution in [0.2, 0.25) is 0 Å². The lowest BCUT2D eigenvalue weighted by Gasteiger charge is -2.13. The molecule has 0 amide bonds. The molecule has 1 heterocycles. The first-order valence-electron chi connectivity index (χ1n) is 6.52. The minimum absolute atomic E-state index is 0.320. The molecule has 21 heavy (non-hydrogen) atoms. The Kier molecular flexibility index (Phi) is 5.07. The fourth-order valence-electron chi connectivity index (χ4n) is 2.09. The van der Waals surface area contributed by atoms with Crippen LogP contribution in [0.1, 0.15) is 16.8 Å². The van der Waals surface area contributed by atoms with Gasteiger partial charge in [0.2, 0.25) is 0 Å². The summed E-state index contributed by atoms with van der Waals surface area (Å²) in [6.07, 6.45) is 1.68. The van der Waals surface area contributed by atoms with Gasteiger partial charge in [-0.25, -0.2) is 0 Å². The minimum Gasteiger partial charge on any atom is -0.493 e. The first-order valence-corrected chi connectivity index (χ1v) is 7.31. The normalized spacial score (nSPS) is 10.3. The van der Waals surface area contributed by atoms with Crippen LogP contribution < -0.4 is 14.2 Å². The Morgan fingerprint density at radius 1 is 1.10 bits per heavy atom. The van der Waals surface area contributed by atoms with Crippen LogP contribution >= 0.6 is 15.9 Å². The second-order valence-electron chi connectivity index (χ2n) is 4.65. The maximum atomic E-state index is 5.83. The van der Waals surface area contributed by atoms with E-state index < -0.39 is 0 Å². The van der Waals surface area contributed by atoms with Gasteiger partial charge in [0, 0.05) is 16.7 Å². The second-order valence-corrected chi connectivity index (χ2v) is 5.45. The van der Waals surface area contributed by atoms with Gasteiger partial charge in [0.05, 0.1) is 14.2 Å². The third-order valence-electron chi connectivity index (χ3n) is 3.15. The van der Waals surface area contributed by atoms with Crippen molar-refractivity contribution in [3.63, 3.8) is 0 Å². The van der Waals surface area contributed by atoms with Crippen LogP contribution in [0.15, 0.2) is 28.9 Å². The van der Waals surface area contributed by atoms with Crippen LogP contribution in [0.25, 0.3) is 0 Å². The van der Waals surface area contributed by atoms with Crippen LogP contribution in [0, 0.1) is 13.8 Å². The van der Waals surface area contributed by atoms with Crippen LogP contribution in [0.5, 0.6) is 17.2 Å². The molecule has 0 bridgehead atoms. The van der Waals surface area contributed by atoms with Crippen molar-refractivity contribution in [2.24, 2.45) is 0 Å². The maximum Gasteiger partial charge on any atom is 0.185 e. The molecule has 1 aromatic carbocycles. The van der Waals surface area contributed by atoms with Crippen molar-refractivity contribution in [2.45, 2.75) is 20.5 Å². The summed E-state index contributed by atoms with van der Waals surface area (Å²) in [4.78, 5) is 4.30. The molecule has 0 radical (unpaired) electrons. The number of halogens is 1. The number of aromatic nitrogens is 1. The molecule has 0 saturated carbocycles. The quantitative estimate of drug-likeness (QED) is 0.814. The molecule has 0 saturated heterocycles. The number of hydrogen-bond acceptors (Lipinski definition) is 4. The van der Waals surface area contributed by atoms with Gasteiger partial charge >= 0.3 is 0 Å². The molecule has 0 fully saturated rings. The summed E-state index contributed by atoms with van der Waals surface area (Å²) in [7, 11) is 3.20. The zero-order valence-electron chi connectivity index (χ0n) is 12.6. The van der Waals surface area contributed by atoms with Crippen molar-refractivity contribution in [1.82, 2.24) is 4.98 Å². The summed E-state index contributed by atoms with van der Waals surface area (Å²) < 4.78 is 17.5. The zero-order chi connectivity index (χ0) is 15.4. The van der Waals surface area contributed by atoms with E-state index >= 15 is 0 Å². The molecule has 0 atom stereocenters. The molecule has 4 nitrogen and oxygen atoms in total. The first kappa shape index (κ1) is 15.6. The highest BCUT2D eigenvalue weighted by Gasteiger charge is 2.12. The number of benzene rings is 1. The largest absolute Gasteiger partial charge is 0.493 e. The Balaban J connectivity index is 2.20. The summed E-state index contributed by atoms with van der Waals surface area (Å²) >= 11 is 3.55. The molecule has 0 aliphatic rings. The van der Waals surface area contributed by atoms with E-state index in [0.717, 1.165) is 21.3 Å². The number of hydrogen-bond donors (Lipinski definition) is 0. The Morgan fingerprint density at radius 2 is 1.76 bits per heavy atom. The van der Waals surface area contributed by atoms with Crippen LogP contribution in [-0.2, 0) is 6.61 Å². The van der Waals surface area contributed by atoms with Gasteiger partial charge in [-0.15, -0.1) is 0 Å². The minimum atomic E-state index is 0.320. The van der Waals surface area contributed by atoms with Crippen LogP contribution in [0.3, 0.4) is 0 Å². The summed E-state index contributed by atoms with van der Waals surface area (Å²) in [5.74, 6) is 2.06. The molecule has 2 aromatic rings. The number of ether oxygens (including phenoxy) is 3. The van der Waals surface area contributed by atoms with Gasteiger partial charge in [0.15, 0.2) is 11.5 Å². The number of nitrogens with zero attached hydrogens (tertiary/aromatic N) is 1. The number of methoxy groups -OCH3 is 2. The average molecular weight is 352 g/mol. The van der Waals surface area contributed by atoms with Crippen molar-refractivity contribution < 1.29 is 14.2 Å². The highest BCUT2D eigenvalue weighted by molar-refractivity contribution is 9.10. The summed E-state index contributed by atoms with van der Waals surface area (Å²) in [6, 6.07) is 5.74. The van der Waals surface area contributed by atoms with E-state index in [1.54, 1.807) is 26.5 Å². The lowest BCUT2D eigenvalue weighted by atomic mass is 10.1. The Bertz CT molecular complexity index is 620. The topological polar surface area (TPSA) is 40.6 Å². The van der Waals surface area contributed by atoms with E-state index in [0.29, 0.717) is 23.8 Å². The molecular weight excluding hydrogens is 334 g/mol. The van der Waals surface area contributed by atoms with Crippen molar-refractivity contribution >= 4 is 15.9 Å². The van der Waals surface area contributed by atoms with E-state index in [1.165, 1.54) is 0 Å². The summed E-state index contributed by atoms with van der Waals surface area (Å²) in [5, 5.41) is 0. The van der Waals surface area contributed by atoms with E-state index in [-0.39, 0.29) is 0 Å². The van der Waals surface area contributed by atoms with E-state index in [1.807, 2.05) is 26.0 Å². The molecule has 5 heteroatoms. The van der Waals surface area contributed by atoms with Gasteiger partial charge in [0.1, 0.15) is 18.1 Å². The standard InChI is InChI=1S/C16H18BrNO3/c1-10-7-12(8-11(2)15(10)17)21-9-13-16(20-4)14(19-3)5-6-18-13/h5-8H,9H2,1-4H3. The number of rotatable bonds is 5. The lowest BCUT2D eigenvalue weighted by Crippen LogP contribution is -2.03. The third kappa shape index (κ3) is 3.47. The molecule has 1 aromatic heterocycles. The molecule has 0 spiro atoms. The smallest absolute Gasteiger partial charge is 0.185 e. The predicted octanol–water partition coefficient (Wildman–Crippen LogP) is 4.06. The Morgan fingerprint density at radius 3 is 2.33 bits per heavy atom. The van der Waals surface area contributed by atoms with Gasteiger partial charge in [-0.3, -0.25) is 4.98 Å². The van der Waals surface area contributed by atoms with E-state index in [9.17, 15) is 0 Å². The molecule has 112 valence electrons. The lowest BCUT2D eigenvalue weighted by molar-refractivity contribution is 0.284. The van der Waals surface area contributed by atoms with E-state index in [2.05, 4.69) is 20.9 Å². The van der Waals surface area contributed by atoms with Gasteiger partial charge in [-0.2, -0.15) is 0 Å². The van der Waals surface area contributed by atoms with Crippen molar-refractivity contribution in [1.29, 1.82) is 0 Å².